The number of amides is 1. The smallest absolute Gasteiger partial charge is 0.250 e. The van der Waals surface area contributed by atoms with Crippen LogP contribution in [0, 0.1) is 0 Å². The van der Waals surface area contributed by atoms with Crippen molar-refractivity contribution in [2.75, 3.05) is 32.8 Å². The molecule has 1 aliphatic heterocycles. The number of carbonyl (C=O) groups is 1. The Morgan fingerprint density at radius 1 is 1.45 bits per heavy atom. The lowest BCUT2D eigenvalue weighted by Gasteiger charge is -2.22. The van der Waals surface area contributed by atoms with E-state index < -0.39 is 6.10 Å². The summed E-state index contributed by atoms with van der Waals surface area (Å²) in [5, 5.41) is 6.99. The summed E-state index contributed by atoms with van der Waals surface area (Å²) < 4.78 is 10.9. The molecule has 0 bridgehead atoms. The third-order valence-corrected chi connectivity index (χ3v) is 3.52. The van der Waals surface area contributed by atoms with Gasteiger partial charge in [-0.3, -0.25) is 4.79 Å². The Hall–Kier alpha value is -0.720. The van der Waals surface area contributed by atoms with Crippen LogP contribution >= 0.6 is 35.6 Å². The van der Waals surface area contributed by atoms with Gasteiger partial charge >= 0.3 is 0 Å². The highest BCUT2D eigenvalue weighted by Gasteiger charge is 2.20. The summed E-state index contributed by atoms with van der Waals surface area (Å²) in [7, 11) is 0. The van der Waals surface area contributed by atoms with Gasteiger partial charge in [0.05, 0.1) is 18.2 Å². The molecule has 2 rings (SSSR count). The molecule has 8 heteroatoms. The minimum Gasteiger partial charge on any atom is -0.492 e. The van der Waals surface area contributed by atoms with Crippen LogP contribution in [0.3, 0.4) is 0 Å². The largest absolute Gasteiger partial charge is 0.492 e. The van der Waals surface area contributed by atoms with Crippen molar-refractivity contribution >= 4 is 41.5 Å². The maximum absolute atomic E-state index is 11.8. The first-order chi connectivity index (χ1) is 10.2. The summed E-state index contributed by atoms with van der Waals surface area (Å²) in [5.41, 5.74) is 0. The van der Waals surface area contributed by atoms with Crippen molar-refractivity contribution in [1.82, 2.24) is 10.6 Å². The van der Waals surface area contributed by atoms with E-state index in [4.69, 9.17) is 32.7 Å². The van der Waals surface area contributed by atoms with Gasteiger partial charge in [0.15, 0.2) is 0 Å². The first-order valence-electron chi connectivity index (χ1n) is 6.84. The van der Waals surface area contributed by atoms with Crippen molar-refractivity contribution in [3.05, 3.63) is 28.2 Å². The topological polar surface area (TPSA) is 59.6 Å². The molecule has 1 heterocycles. The SMILES string of the molecule is Cl.O=C(NCCCOc1ccc(Cl)cc1Cl)C1CNCCO1. The summed E-state index contributed by atoms with van der Waals surface area (Å²) in [6, 6.07) is 5.08. The molecule has 0 spiro atoms. The number of rotatable bonds is 6. The summed E-state index contributed by atoms with van der Waals surface area (Å²) >= 11 is 11.8. The Morgan fingerprint density at radius 3 is 2.95 bits per heavy atom. The Balaban J connectivity index is 0.00000242. The summed E-state index contributed by atoms with van der Waals surface area (Å²) in [6.07, 6.45) is 0.288. The fraction of sp³-hybridized carbons (Fsp3) is 0.500. The molecule has 0 radical (unpaired) electrons. The van der Waals surface area contributed by atoms with Crippen molar-refractivity contribution in [3.8, 4) is 5.75 Å². The zero-order valence-electron chi connectivity index (χ0n) is 11.9. The second-order valence-corrected chi connectivity index (χ2v) is 5.47. The first kappa shape index (κ1) is 19.3. The number of carbonyl (C=O) groups excluding carboxylic acids is 1. The van der Waals surface area contributed by atoms with Crippen LogP contribution in [-0.4, -0.2) is 44.9 Å². The van der Waals surface area contributed by atoms with E-state index in [1.54, 1.807) is 18.2 Å². The number of benzene rings is 1. The Morgan fingerprint density at radius 2 is 2.27 bits per heavy atom. The van der Waals surface area contributed by atoms with Crippen LogP contribution in [0.2, 0.25) is 10.0 Å². The fourth-order valence-corrected chi connectivity index (χ4v) is 2.37. The predicted octanol–water partition coefficient (Wildman–Crippen LogP) is 2.29. The van der Waals surface area contributed by atoms with Gasteiger partial charge in [0, 0.05) is 24.7 Å². The van der Waals surface area contributed by atoms with Crippen LogP contribution in [0.1, 0.15) is 6.42 Å². The highest BCUT2D eigenvalue weighted by atomic mass is 35.5. The maximum Gasteiger partial charge on any atom is 0.250 e. The van der Waals surface area contributed by atoms with E-state index in [1.165, 1.54) is 0 Å². The van der Waals surface area contributed by atoms with Crippen LogP contribution in [-0.2, 0) is 9.53 Å². The molecular weight excluding hydrogens is 351 g/mol. The molecule has 5 nitrogen and oxygen atoms in total. The van der Waals surface area contributed by atoms with E-state index in [-0.39, 0.29) is 18.3 Å². The molecule has 1 atom stereocenters. The van der Waals surface area contributed by atoms with E-state index in [0.29, 0.717) is 48.5 Å². The molecule has 0 saturated carbocycles. The molecule has 1 aliphatic rings. The number of halogens is 3. The van der Waals surface area contributed by atoms with Crippen LogP contribution in [0.25, 0.3) is 0 Å². The highest BCUT2D eigenvalue weighted by Crippen LogP contribution is 2.27. The Kier molecular flexibility index (Phi) is 8.90. The average Bonchev–Trinajstić information content (AvgIpc) is 2.49. The molecule has 1 aromatic rings. The lowest BCUT2D eigenvalue weighted by atomic mass is 10.3. The van der Waals surface area contributed by atoms with E-state index in [1.807, 2.05) is 0 Å². The monoisotopic (exact) mass is 368 g/mol. The molecular formula is C14H19Cl3N2O3. The normalized spacial score (nSPS) is 17.5. The molecule has 1 saturated heterocycles. The summed E-state index contributed by atoms with van der Waals surface area (Å²) in [6.45, 7) is 2.91. The molecule has 0 aliphatic carbocycles. The molecule has 1 unspecified atom stereocenters. The predicted molar refractivity (Wildman–Crippen MR) is 89.4 cm³/mol. The summed E-state index contributed by atoms with van der Waals surface area (Å²) in [5.74, 6) is 0.499. The molecule has 22 heavy (non-hydrogen) atoms. The number of hydrogen-bond acceptors (Lipinski definition) is 4. The maximum atomic E-state index is 11.8. The van der Waals surface area contributed by atoms with E-state index in [9.17, 15) is 4.79 Å². The molecule has 124 valence electrons. The molecule has 1 aromatic carbocycles. The second kappa shape index (κ2) is 10.1. The van der Waals surface area contributed by atoms with E-state index >= 15 is 0 Å². The van der Waals surface area contributed by atoms with Gasteiger partial charge in [0.25, 0.3) is 0 Å². The van der Waals surface area contributed by atoms with Crippen molar-refractivity contribution in [2.24, 2.45) is 0 Å². The zero-order chi connectivity index (χ0) is 15.1. The van der Waals surface area contributed by atoms with Gasteiger partial charge in [-0.2, -0.15) is 0 Å². The molecule has 1 fully saturated rings. The number of hydrogen-bond donors (Lipinski definition) is 2. The number of ether oxygens (including phenoxy) is 2. The van der Waals surface area contributed by atoms with Gasteiger partial charge in [0.1, 0.15) is 11.9 Å². The minimum absolute atomic E-state index is 0. The molecule has 1 amide bonds. The van der Waals surface area contributed by atoms with Crippen molar-refractivity contribution in [2.45, 2.75) is 12.5 Å². The lowest BCUT2D eigenvalue weighted by Crippen LogP contribution is -2.48. The molecule has 2 N–H and O–H groups in total. The standard InChI is InChI=1S/C14H18Cl2N2O3.ClH/c15-10-2-3-12(11(16)8-10)20-6-1-4-18-14(19)13-9-17-5-7-21-13;/h2-3,8,13,17H,1,4-7,9H2,(H,18,19);1H. The Bertz CT molecular complexity index is 482. The van der Waals surface area contributed by atoms with E-state index in [0.717, 1.165) is 6.54 Å². The fourth-order valence-electron chi connectivity index (χ4n) is 1.91. The van der Waals surface area contributed by atoms with Gasteiger partial charge in [-0.05, 0) is 24.6 Å². The van der Waals surface area contributed by atoms with Crippen molar-refractivity contribution in [1.29, 1.82) is 0 Å². The van der Waals surface area contributed by atoms with Crippen LogP contribution in [0.5, 0.6) is 5.75 Å². The van der Waals surface area contributed by atoms with Gasteiger partial charge in [-0.15, -0.1) is 12.4 Å². The third-order valence-electron chi connectivity index (χ3n) is 2.99. The van der Waals surface area contributed by atoms with Crippen molar-refractivity contribution < 1.29 is 14.3 Å². The average molecular weight is 370 g/mol. The Labute approximate surface area is 146 Å². The van der Waals surface area contributed by atoms with Gasteiger partial charge in [-0.25, -0.2) is 0 Å². The third kappa shape index (κ3) is 6.18. The summed E-state index contributed by atoms with van der Waals surface area (Å²) in [4.78, 5) is 11.8. The van der Waals surface area contributed by atoms with Crippen LogP contribution < -0.4 is 15.4 Å². The van der Waals surface area contributed by atoms with Crippen molar-refractivity contribution in [3.63, 3.8) is 0 Å². The number of morpholine rings is 1. The van der Waals surface area contributed by atoms with Crippen LogP contribution in [0.15, 0.2) is 18.2 Å². The number of nitrogens with one attached hydrogen (secondary N) is 2. The van der Waals surface area contributed by atoms with Gasteiger partial charge in [0.2, 0.25) is 5.91 Å². The van der Waals surface area contributed by atoms with Gasteiger partial charge in [-0.1, -0.05) is 23.2 Å². The first-order valence-corrected chi connectivity index (χ1v) is 7.60. The zero-order valence-corrected chi connectivity index (χ0v) is 14.3. The minimum atomic E-state index is -0.398. The lowest BCUT2D eigenvalue weighted by molar-refractivity contribution is -0.134. The highest BCUT2D eigenvalue weighted by molar-refractivity contribution is 6.35. The molecule has 0 aromatic heterocycles. The quantitative estimate of drug-likeness (QED) is 0.755. The van der Waals surface area contributed by atoms with Crippen LogP contribution in [0.4, 0.5) is 0 Å². The van der Waals surface area contributed by atoms with E-state index in [2.05, 4.69) is 10.6 Å². The second-order valence-electron chi connectivity index (χ2n) is 4.63. The van der Waals surface area contributed by atoms with Gasteiger partial charge < -0.3 is 20.1 Å².